The quantitative estimate of drug-likeness (QED) is 0.761. The molecule has 1 heterocycles. The first-order valence-corrected chi connectivity index (χ1v) is 6.69. The number of rotatable bonds is 2. The summed E-state index contributed by atoms with van der Waals surface area (Å²) >= 11 is 0. The smallest absolute Gasteiger partial charge is 0.216 e. The third-order valence-corrected chi connectivity index (χ3v) is 3.89. The lowest BCUT2D eigenvalue weighted by atomic mass is 9.84. The van der Waals surface area contributed by atoms with Crippen LogP contribution < -0.4 is 0 Å². The molecule has 0 amide bonds. The second-order valence-corrected chi connectivity index (χ2v) is 5.08. The summed E-state index contributed by atoms with van der Waals surface area (Å²) in [6.45, 7) is 0.787. The molecular weight excluding hydrogens is 210 g/mol. The standard InChI is InChI=1S/C15H19NO/c1-3-7-12(8-4-1)14-11-17-15(16-14)13-9-5-2-6-10-13/h2,5-6,9-10,12,14H,1,3-4,7-8,11H2. The Morgan fingerprint density at radius 1 is 1.00 bits per heavy atom. The summed E-state index contributed by atoms with van der Waals surface area (Å²) in [6, 6.07) is 10.7. The Morgan fingerprint density at radius 2 is 1.76 bits per heavy atom. The van der Waals surface area contributed by atoms with Gasteiger partial charge in [0.05, 0.1) is 6.04 Å². The first kappa shape index (κ1) is 10.8. The van der Waals surface area contributed by atoms with E-state index in [0.717, 1.165) is 24.0 Å². The van der Waals surface area contributed by atoms with Crippen LogP contribution in [0.3, 0.4) is 0 Å². The summed E-state index contributed by atoms with van der Waals surface area (Å²) in [6.07, 6.45) is 6.81. The Morgan fingerprint density at radius 3 is 2.53 bits per heavy atom. The Kier molecular flexibility index (Phi) is 3.12. The number of benzene rings is 1. The molecule has 1 aliphatic carbocycles. The zero-order valence-electron chi connectivity index (χ0n) is 10.1. The van der Waals surface area contributed by atoms with Crippen molar-refractivity contribution in [1.29, 1.82) is 0 Å². The van der Waals surface area contributed by atoms with E-state index in [0.29, 0.717) is 6.04 Å². The van der Waals surface area contributed by atoms with Gasteiger partial charge >= 0.3 is 0 Å². The van der Waals surface area contributed by atoms with E-state index in [-0.39, 0.29) is 0 Å². The molecule has 1 aromatic rings. The predicted molar refractivity (Wildman–Crippen MR) is 69.3 cm³/mol. The molecule has 1 aliphatic heterocycles. The van der Waals surface area contributed by atoms with E-state index in [1.807, 2.05) is 18.2 Å². The van der Waals surface area contributed by atoms with Crippen molar-refractivity contribution < 1.29 is 4.74 Å². The Balaban J connectivity index is 1.72. The number of hydrogen-bond donors (Lipinski definition) is 0. The highest BCUT2D eigenvalue weighted by Crippen LogP contribution is 2.30. The monoisotopic (exact) mass is 229 g/mol. The molecule has 1 unspecified atom stereocenters. The first-order valence-electron chi connectivity index (χ1n) is 6.69. The molecule has 0 radical (unpaired) electrons. The summed E-state index contributed by atoms with van der Waals surface area (Å²) in [5.41, 5.74) is 1.12. The van der Waals surface area contributed by atoms with Gasteiger partial charge in [-0.25, -0.2) is 4.99 Å². The van der Waals surface area contributed by atoms with Crippen molar-refractivity contribution in [2.45, 2.75) is 38.1 Å². The van der Waals surface area contributed by atoms with E-state index >= 15 is 0 Å². The third kappa shape index (κ3) is 2.36. The number of hydrogen-bond acceptors (Lipinski definition) is 2. The number of aliphatic imine (C=N–C) groups is 1. The minimum Gasteiger partial charge on any atom is -0.475 e. The molecule has 1 fully saturated rings. The van der Waals surface area contributed by atoms with Gasteiger partial charge in [0.2, 0.25) is 5.90 Å². The van der Waals surface area contributed by atoms with Gasteiger partial charge in [0, 0.05) is 5.56 Å². The highest BCUT2D eigenvalue weighted by atomic mass is 16.5. The lowest BCUT2D eigenvalue weighted by Crippen LogP contribution is -2.22. The zero-order chi connectivity index (χ0) is 11.5. The molecule has 0 aromatic heterocycles. The van der Waals surface area contributed by atoms with Crippen molar-refractivity contribution in [1.82, 2.24) is 0 Å². The number of nitrogens with zero attached hydrogens (tertiary/aromatic N) is 1. The lowest BCUT2D eigenvalue weighted by molar-refractivity contribution is 0.240. The van der Waals surface area contributed by atoms with Crippen LogP contribution in [0.4, 0.5) is 0 Å². The molecule has 0 N–H and O–H groups in total. The molecule has 2 nitrogen and oxygen atoms in total. The van der Waals surface area contributed by atoms with Crippen LogP contribution in [0.5, 0.6) is 0 Å². The average Bonchev–Trinajstić information content (AvgIpc) is 2.90. The summed E-state index contributed by atoms with van der Waals surface area (Å²) in [5.74, 6) is 1.60. The molecule has 1 atom stereocenters. The zero-order valence-corrected chi connectivity index (χ0v) is 10.1. The predicted octanol–water partition coefficient (Wildman–Crippen LogP) is 3.41. The van der Waals surface area contributed by atoms with Crippen molar-refractivity contribution in [3.63, 3.8) is 0 Å². The van der Waals surface area contributed by atoms with Crippen LogP contribution in [-0.4, -0.2) is 18.5 Å². The fourth-order valence-electron chi connectivity index (χ4n) is 2.89. The summed E-state index contributed by atoms with van der Waals surface area (Å²) in [7, 11) is 0. The molecule has 0 bridgehead atoms. The van der Waals surface area contributed by atoms with Gasteiger partial charge < -0.3 is 4.74 Å². The lowest BCUT2D eigenvalue weighted by Gasteiger charge is -2.24. The Hall–Kier alpha value is -1.31. The molecule has 1 aromatic carbocycles. The van der Waals surface area contributed by atoms with Crippen molar-refractivity contribution in [3.8, 4) is 0 Å². The fraction of sp³-hybridized carbons (Fsp3) is 0.533. The topological polar surface area (TPSA) is 21.6 Å². The van der Waals surface area contributed by atoms with Gasteiger partial charge in [0.1, 0.15) is 6.61 Å². The van der Waals surface area contributed by atoms with Crippen LogP contribution in [0, 0.1) is 5.92 Å². The summed E-state index contributed by atoms with van der Waals surface area (Å²) < 4.78 is 5.75. The van der Waals surface area contributed by atoms with Gasteiger partial charge in [0.15, 0.2) is 0 Å². The molecule has 0 spiro atoms. The molecule has 17 heavy (non-hydrogen) atoms. The van der Waals surface area contributed by atoms with Gasteiger partial charge in [-0.05, 0) is 30.9 Å². The normalized spacial score (nSPS) is 25.4. The largest absolute Gasteiger partial charge is 0.475 e. The van der Waals surface area contributed by atoms with Gasteiger partial charge in [-0.1, -0.05) is 37.5 Å². The van der Waals surface area contributed by atoms with Crippen molar-refractivity contribution in [3.05, 3.63) is 35.9 Å². The van der Waals surface area contributed by atoms with E-state index in [9.17, 15) is 0 Å². The van der Waals surface area contributed by atoms with Gasteiger partial charge in [0.25, 0.3) is 0 Å². The second kappa shape index (κ2) is 4.91. The Bertz CT molecular complexity index is 393. The minimum absolute atomic E-state index is 0.408. The maximum atomic E-state index is 5.75. The van der Waals surface area contributed by atoms with Crippen LogP contribution in [0.25, 0.3) is 0 Å². The Labute approximate surface area is 103 Å². The molecule has 2 aliphatic rings. The number of ether oxygens (including phenoxy) is 1. The highest BCUT2D eigenvalue weighted by molar-refractivity contribution is 5.95. The maximum absolute atomic E-state index is 5.75. The van der Waals surface area contributed by atoms with Gasteiger partial charge in [-0.2, -0.15) is 0 Å². The van der Waals surface area contributed by atoms with E-state index < -0.39 is 0 Å². The van der Waals surface area contributed by atoms with Crippen LogP contribution in [-0.2, 0) is 4.74 Å². The second-order valence-electron chi connectivity index (χ2n) is 5.08. The van der Waals surface area contributed by atoms with Gasteiger partial charge in [-0.3, -0.25) is 0 Å². The van der Waals surface area contributed by atoms with Crippen LogP contribution in [0.15, 0.2) is 35.3 Å². The summed E-state index contributed by atoms with van der Waals surface area (Å²) in [5, 5.41) is 0. The van der Waals surface area contributed by atoms with E-state index in [1.54, 1.807) is 0 Å². The average molecular weight is 229 g/mol. The van der Waals surface area contributed by atoms with Crippen molar-refractivity contribution in [2.24, 2.45) is 10.9 Å². The first-order chi connectivity index (χ1) is 8.43. The van der Waals surface area contributed by atoms with E-state index in [2.05, 4.69) is 12.1 Å². The molecule has 90 valence electrons. The third-order valence-electron chi connectivity index (χ3n) is 3.89. The molecule has 1 saturated carbocycles. The van der Waals surface area contributed by atoms with Gasteiger partial charge in [-0.15, -0.1) is 0 Å². The van der Waals surface area contributed by atoms with Crippen LogP contribution in [0.1, 0.15) is 37.7 Å². The molecule has 0 saturated heterocycles. The van der Waals surface area contributed by atoms with E-state index in [4.69, 9.17) is 9.73 Å². The minimum atomic E-state index is 0.408. The van der Waals surface area contributed by atoms with E-state index in [1.165, 1.54) is 32.1 Å². The van der Waals surface area contributed by atoms with Crippen molar-refractivity contribution >= 4 is 5.90 Å². The van der Waals surface area contributed by atoms with Crippen molar-refractivity contribution in [2.75, 3.05) is 6.61 Å². The van der Waals surface area contributed by atoms with Crippen LogP contribution >= 0.6 is 0 Å². The molecule has 3 rings (SSSR count). The summed E-state index contributed by atoms with van der Waals surface area (Å²) in [4.78, 5) is 4.78. The SMILES string of the molecule is c1ccc(C2=NC(C3CCCCC3)CO2)cc1. The highest BCUT2D eigenvalue weighted by Gasteiger charge is 2.28. The fourth-order valence-corrected chi connectivity index (χ4v) is 2.89. The maximum Gasteiger partial charge on any atom is 0.216 e. The molecular formula is C15H19NO. The molecule has 2 heteroatoms. The van der Waals surface area contributed by atoms with Crippen LogP contribution in [0.2, 0.25) is 0 Å².